The summed E-state index contributed by atoms with van der Waals surface area (Å²) >= 11 is 7.32. The van der Waals surface area contributed by atoms with Crippen LogP contribution < -0.4 is 10.1 Å². The van der Waals surface area contributed by atoms with E-state index in [1.165, 1.54) is 11.8 Å². The standard InChI is InChI=1S/C17H16ClN5O2S/c1-11(16(24)19-13-8-4-3-7-12(13)18)26-17-20-21-22-23(17)14-9-5-6-10-15(14)25-2/h3-11H,1-2H3,(H,19,24)/t11-/m1/s1. The minimum atomic E-state index is -0.439. The second kappa shape index (κ2) is 8.20. The monoisotopic (exact) mass is 389 g/mol. The number of ether oxygens (including phenoxy) is 1. The van der Waals surface area contributed by atoms with E-state index in [-0.39, 0.29) is 5.91 Å². The minimum absolute atomic E-state index is 0.197. The van der Waals surface area contributed by atoms with Crippen LogP contribution >= 0.6 is 23.4 Å². The van der Waals surface area contributed by atoms with E-state index in [1.54, 1.807) is 36.9 Å². The van der Waals surface area contributed by atoms with Gasteiger partial charge in [0.2, 0.25) is 11.1 Å². The molecule has 0 saturated heterocycles. The number of methoxy groups -OCH3 is 1. The number of benzene rings is 2. The number of nitrogens with zero attached hydrogens (tertiary/aromatic N) is 4. The topological polar surface area (TPSA) is 81.9 Å². The van der Waals surface area contributed by atoms with Gasteiger partial charge in [0.25, 0.3) is 0 Å². The molecule has 3 rings (SSSR count). The second-order valence-electron chi connectivity index (χ2n) is 5.27. The molecule has 3 aromatic rings. The van der Waals surface area contributed by atoms with Crippen LogP contribution in [0.3, 0.4) is 0 Å². The fourth-order valence-corrected chi connectivity index (χ4v) is 3.20. The Labute approximate surface area is 159 Å². The van der Waals surface area contributed by atoms with Gasteiger partial charge in [0.05, 0.1) is 23.1 Å². The molecule has 2 aromatic carbocycles. The largest absolute Gasteiger partial charge is 0.494 e. The van der Waals surface area contributed by atoms with E-state index < -0.39 is 5.25 Å². The van der Waals surface area contributed by atoms with Crippen molar-refractivity contribution < 1.29 is 9.53 Å². The summed E-state index contributed by atoms with van der Waals surface area (Å²) in [4.78, 5) is 12.5. The van der Waals surface area contributed by atoms with Gasteiger partial charge < -0.3 is 10.1 Å². The van der Waals surface area contributed by atoms with Crippen LogP contribution in [0, 0.1) is 0 Å². The summed E-state index contributed by atoms with van der Waals surface area (Å²) < 4.78 is 6.89. The van der Waals surface area contributed by atoms with E-state index in [4.69, 9.17) is 16.3 Å². The predicted octanol–water partition coefficient (Wildman–Crippen LogP) is 3.44. The van der Waals surface area contributed by atoms with Crippen LogP contribution in [0.4, 0.5) is 5.69 Å². The van der Waals surface area contributed by atoms with E-state index in [2.05, 4.69) is 20.8 Å². The van der Waals surface area contributed by atoms with E-state index in [0.717, 1.165) is 0 Å². The first-order valence-corrected chi connectivity index (χ1v) is 8.99. The van der Waals surface area contributed by atoms with Crippen LogP contribution in [-0.2, 0) is 4.79 Å². The molecule has 0 spiro atoms. The van der Waals surface area contributed by atoms with Crippen molar-refractivity contribution in [2.75, 3.05) is 12.4 Å². The molecule has 26 heavy (non-hydrogen) atoms. The second-order valence-corrected chi connectivity index (χ2v) is 6.99. The first-order chi connectivity index (χ1) is 12.6. The number of hydrogen-bond donors (Lipinski definition) is 1. The zero-order valence-electron chi connectivity index (χ0n) is 14.1. The lowest BCUT2D eigenvalue weighted by atomic mass is 10.3. The Kier molecular flexibility index (Phi) is 5.75. The quantitative estimate of drug-likeness (QED) is 0.650. The average Bonchev–Trinajstić information content (AvgIpc) is 3.11. The molecule has 9 heteroatoms. The fraction of sp³-hybridized carbons (Fsp3) is 0.176. The van der Waals surface area contributed by atoms with Gasteiger partial charge in [0.1, 0.15) is 11.4 Å². The average molecular weight is 390 g/mol. The predicted molar refractivity (Wildman–Crippen MR) is 101 cm³/mol. The molecule has 0 radical (unpaired) electrons. The molecular weight excluding hydrogens is 374 g/mol. The molecule has 0 unspecified atom stereocenters. The summed E-state index contributed by atoms with van der Waals surface area (Å²) in [5.74, 6) is 0.437. The maximum absolute atomic E-state index is 12.5. The van der Waals surface area contributed by atoms with Crippen molar-refractivity contribution in [3.8, 4) is 11.4 Å². The van der Waals surface area contributed by atoms with Crippen molar-refractivity contribution in [3.05, 3.63) is 53.6 Å². The van der Waals surface area contributed by atoms with E-state index >= 15 is 0 Å². The number of para-hydroxylation sites is 3. The molecule has 0 aliphatic rings. The number of carbonyl (C=O) groups is 1. The summed E-state index contributed by atoms with van der Waals surface area (Å²) in [5, 5.41) is 15.1. The molecule has 7 nitrogen and oxygen atoms in total. The van der Waals surface area contributed by atoms with Crippen LogP contribution in [0.1, 0.15) is 6.92 Å². The van der Waals surface area contributed by atoms with Crippen LogP contribution in [0.25, 0.3) is 5.69 Å². The van der Waals surface area contributed by atoms with Gasteiger partial charge in [-0.15, -0.1) is 5.10 Å². The Morgan fingerprint density at radius 2 is 1.96 bits per heavy atom. The third kappa shape index (κ3) is 3.97. The van der Waals surface area contributed by atoms with Gasteiger partial charge in [-0.2, -0.15) is 4.68 Å². The Hall–Kier alpha value is -2.58. The maximum Gasteiger partial charge on any atom is 0.237 e. The van der Waals surface area contributed by atoms with Gasteiger partial charge in [0.15, 0.2) is 0 Å². The third-order valence-electron chi connectivity index (χ3n) is 3.54. The van der Waals surface area contributed by atoms with Gasteiger partial charge in [-0.1, -0.05) is 47.6 Å². The molecule has 0 bridgehead atoms. The number of carbonyl (C=O) groups excluding carboxylic acids is 1. The number of rotatable bonds is 6. The molecule has 1 amide bonds. The Morgan fingerprint density at radius 1 is 1.23 bits per heavy atom. The van der Waals surface area contributed by atoms with E-state index in [1.807, 2.05) is 30.3 Å². The number of tetrazole rings is 1. The fourth-order valence-electron chi connectivity index (χ4n) is 2.22. The van der Waals surface area contributed by atoms with Crippen LogP contribution in [0.5, 0.6) is 5.75 Å². The van der Waals surface area contributed by atoms with E-state index in [9.17, 15) is 4.79 Å². The molecule has 1 atom stereocenters. The molecular formula is C17H16ClN5O2S. The number of thioether (sulfide) groups is 1. The third-order valence-corrected chi connectivity index (χ3v) is 4.90. The first-order valence-electron chi connectivity index (χ1n) is 7.74. The lowest BCUT2D eigenvalue weighted by Gasteiger charge is -2.13. The van der Waals surface area contributed by atoms with Crippen molar-refractivity contribution in [2.24, 2.45) is 0 Å². The van der Waals surface area contributed by atoms with Gasteiger partial charge in [-0.05, 0) is 41.6 Å². The van der Waals surface area contributed by atoms with Gasteiger partial charge in [0, 0.05) is 0 Å². The van der Waals surface area contributed by atoms with Crippen molar-refractivity contribution in [3.63, 3.8) is 0 Å². The zero-order chi connectivity index (χ0) is 18.5. The number of anilines is 1. The first kappa shape index (κ1) is 18.2. The van der Waals surface area contributed by atoms with Gasteiger partial charge in [-0.25, -0.2) is 0 Å². The molecule has 1 N–H and O–H groups in total. The Bertz CT molecular complexity index is 917. The molecule has 1 aromatic heterocycles. The number of halogens is 1. The van der Waals surface area contributed by atoms with Crippen LogP contribution in [-0.4, -0.2) is 38.5 Å². The SMILES string of the molecule is COc1ccccc1-n1nnnc1S[C@H](C)C(=O)Nc1ccccc1Cl. The smallest absolute Gasteiger partial charge is 0.237 e. The maximum atomic E-state index is 12.5. The molecule has 0 aliphatic heterocycles. The Balaban J connectivity index is 1.76. The van der Waals surface area contributed by atoms with E-state index in [0.29, 0.717) is 27.3 Å². The number of nitrogens with one attached hydrogen (secondary N) is 1. The van der Waals surface area contributed by atoms with Gasteiger partial charge >= 0.3 is 0 Å². The highest BCUT2D eigenvalue weighted by Crippen LogP contribution is 2.28. The Morgan fingerprint density at radius 3 is 2.73 bits per heavy atom. The van der Waals surface area contributed by atoms with Gasteiger partial charge in [-0.3, -0.25) is 4.79 Å². The number of amides is 1. The van der Waals surface area contributed by atoms with Crippen molar-refractivity contribution in [1.82, 2.24) is 20.2 Å². The zero-order valence-corrected chi connectivity index (χ0v) is 15.7. The molecule has 134 valence electrons. The summed E-state index contributed by atoms with van der Waals surface area (Å²) in [6.07, 6.45) is 0. The van der Waals surface area contributed by atoms with Crippen molar-refractivity contribution in [2.45, 2.75) is 17.3 Å². The lowest BCUT2D eigenvalue weighted by Crippen LogP contribution is -2.23. The van der Waals surface area contributed by atoms with Crippen LogP contribution in [0.15, 0.2) is 53.7 Å². The lowest BCUT2D eigenvalue weighted by molar-refractivity contribution is -0.115. The minimum Gasteiger partial charge on any atom is -0.494 e. The van der Waals surface area contributed by atoms with Crippen LogP contribution in [0.2, 0.25) is 5.02 Å². The molecule has 0 fully saturated rings. The highest BCUT2D eigenvalue weighted by Gasteiger charge is 2.21. The number of hydrogen-bond acceptors (Lipinski definition) is 6. The molecule has 1 heterocycles. The number of aromatic nitrogens is 4. The summed E-state index contributed by atoms with van der Waals surface area (Å²) in [5.41, 5.74) is 1.26. The summed E-state index contributed by atoms with van der Waals surface area (Å²) in [6.45, 7) is 1.78. The molecule has 0 aliphatic carbocycles. The summed E-state index contributed by atoms with van der Waals surface area (Å²) in [7, 11) is 1.58. The highest BCUT2D eigenvalue weighted by molar-refractivity contribution is 8.00. The normalized spacial score (nSPS) is 11.8. The highest BCUT2D eigenvalue weighted by atomic mass is 35.5. The summed E-state index contributed by atoms with van der Waals surface area (Å²) in [6, 6.07) is 14.5. The van der Waals surface area contributed by atoms with Crippen molar-refractivity contribution >= 4 is 35.0 Å². The van der Waals surface area contributed by atoms with Crippen molar-refractivity contribution in [1.29, 1.82) is 0 Å². The molecule has 0 saturated carbocycles.